The molecule has 1 saturated heterocycles. The van der Waals surface area contributed by atoms with Gasteiger partial charge in [-0.3, -0.25) is 4.98 Å². The van der Waals surface area contributed by atoms with Crippen LogP contribution in [0.2, 0.25) is 0 Å². The SMILES string of the molecule is Cc1cccc(-n2c(C)cc([C@@H]3[C@@H](c4ccccn4)NC(=S)N3Cc3ccccc3)c2C)c1C. The van der Waals surface area contributed by atoms with Crippen LogP contribution in [0.1, 0.15) is 51.4 Å². The minimum Gasteiger partial charge on any atom is -0.352 e. The Morgan fingerprint density at radius 1 is 0.912 bits per heavy atom. The highest BCUT2D eigenvalue weighted by molar-refractivity contribution is 7.80. The van der Waals surface area contributed by atoms with Crippen molar-refractivity contribution in [2.45, 2.75) is 46.3 Å². The molecule has 2 aromatic carbocycles. The van der Waals surface area contributed by atoms with Gasteiger partial charge >= 0.3 is 0 Å². The standard InChI is InChI=1S/C29H30N4S/c1-19-11-10-15-26(21(19)3)33-20(2)17-24(22(33)4)28-27(25-14-8-9-16-30-25)31-29(34)32(28)18-23-12-6-5-7-13-23/h5-17,27-28H,18H2,1-4H3,(H,31,34)/t27-,28-/m1/s1. The van der Waals surface area contributed by atoms with Crippen molar-refractivity contribution in [3.8, 4) is 5.69 Å². The van der Waals surface area contributed by atoms with Crippen molar-refractivity contribution in [2.75, 3.05) is 0 Å². The molecule has 4 aromatic rings. The quantitative estimate of drug-likeness (QED) is 0.351. The summed E-state index contributed by atoms with van der Waals surface area (Å²) in [6, 6.07) is 25.5. The van der Waals surface area contributed by atoms with E-state index in [-0.39, 0.29) is 12.1 Å². The van der Waals surface area contributed by atoms with Crippen molar-refractivity contribution in [1.82, 2.24) is 19.8 Å². The fourth-order valence-electron chi connectivity index (χ4n) is 5.13. The predicted octanol–water partition coefficient (Wildman–Crippen LogP) is 6.28. The van der Waals surface area contributed by atoms with Crippen molar-refractivity contribution in [3.63, 3.8) is 0 Å². The maximum Gasteiger partial charge on any atom is 0.170 e. The number of nitrogens with one attached hydrogen (secondary N) is 1. The summed E-state index contributed by atoms with van der Waals surface area (Å²) in [5.74, 6) is 0. The van der Waals surface area contributed by atoms with Gasteiger partial charge in [-0.1, -0.05) is 48.5 Å². The number of nitrogens with zero attached hydrogens (tertiary/aromatic N) is 3. The molecule has 34 heavy (non-hydrogen) atoms. The Balaban J connectivity index is 1.64. The Morgan fingerprint density at radius 3 is 2.41 bits per heavy atom. The summed E-state index contributed by atoms with van der Waals surface area (Å²) in [5.41, 5.74) is 9.81. The van der Waals surface area contributed by atoms with Gasteiger partial charge in [-0.15, -0.1) is 0 Å². The molecule has 0 bridgehead atoms. The van der Waals surface area contributed by atoms with Gasteiger partial charge in [0.25, 0.3) is 0 Å². The first kappa shape index (κ1) is 22.4. The molecule has 0 saturated carbocycles. The molecule has 5 rings (SSSR count). The highest BCUT2D eigenvalue weighted by Crippen LogP contribution is 2.42. The van der Waals surface area contributed by atoms with Gasteiger partial charge in [0, 0.05) is 29.8 Å². The van der Waals surface area contributed by atoms with Crippen LogP contribution in [0.25, 0.3) is 5.69 Å². The van der Waals surface area contributed by atoms with Gasteiger partial charge in [0.15, 0.2) is 5.11 Å². The average molecular weight is 467 g/mol. The molecular weight excluding hydrogens is 436 g/mol. The van der Waals surface area contributed by atoms with E-state index in [4.69, 9.17) is 17.2 Å². The third-order valence-electron chi connectivity index (χ3n) is 7.00. The van der Waals surface area contributed by atoms with Crippen LogP contribution in [0.5, 0.6) is 0 Å². The molecule has 0 radical (unpaired) electrons. The summed E-state index contributed by atoms with van der Waals surface area (Å²) >= 11 is 5.89. The minimum absolute atomic E-state index is 0.0232. The second kappa shape index (κ2) is 9.07. The molecule has 1 aliphatic rings. The molecule has 0 aliphatic carbocycles. The summed E-state index contributed by atoms with van der Waals surface area (Å²) in [4.78, 5) is 7.02. The van der Waals surface area contributed by atoms with Crippen molar-refractivity contribution in [1.29, 1.82) is 0 Å². The lowest BCUT2D eigenvalue weighted by Crippen LogP contribution is -2.29. The lowest BCUT2D eigenvalue weighted by molar-refractivity contribution is 0.310. The first-order valence-electron chi connectivity index (χ1n) is 11.7. The topological polar surface area (TPSA) is 33.1 Å². The maximum absolute atomic E-state index is 5.89. The number of pyridine rings is 1. The molecule has 1 fully saturated rings. The molecular formula is C29H30N4S. The number of rotatable bonds is 5. The second-order valence-electron chi connectivity index (χ2n) is 9.12. The summed E-state index contributed by atoms with van der Waals surface area (Å²) in [6.07, 6.45) is 1.86. The molecule has 1 aliphatic heterocycles. The van der Waals surface area contributed by atoms with E-state index in [0.29, 0.717) is 0 Å². The van der Waals surface area contributed by atoms with Gasteiger partial charge in [-0.25, -0.2) is 0 Å². The molecule has 0 unspecified atom stereocenters. The Hall–Kier alpha value is -3.44. The molecule has 2 atom stereocenters. The molecule has 5 heteroatoms. The lowest BCUT2D eigenvalue weighted by Gasteiger charge is -2.28. The van der Waals surface area contributed by atoms with Crippen molar-refractivity contribution in [2.24, 2.45) is 0 Å². The van der Waals surface area contributed by atoms with Crippen LogP contribution in [0.4, 0.5) is 0 Å². The molecule has 4 nitrogen and oxygen atoms in total. The van der Waals surface area contributed by atoms with E-state index in [2.05, 4.69) is 103 Å². The van der Waals surface area contributed by atoms with Crippen molar-refractivity contribution < 1.29 is 0 Å². The Kier molecular flexibility index (Phi) is 5.96. The van der Waals surface area contributed by atoms with E-state index in [1.54, 1.807) is 0 Å². The zero-order valence-corrected chi connectivity index (χ0v) is 20.9. The fraction of sp³-hybridized carbons (Fsp3) is 0.241. The molecule has 172 valence electrons. The van der Waals surface area contributed by atoms with E-state index in [0.717, 1.165) is 17.4 Å². The van der Waals surface area contributed by atoms with Crippen LogP contribution < -0.4 is 5.32 Å². The molecule has 2 aromatic heterocycles. The first-order chi connectivity index (χ1) is 16.5. The van der Waals surface area contributed by atoms with Gasteiger partial charge in [-0.05, 0) is 86.4 Å². The number of hydrogen-bond acceptors (Lipinski definition) is 2. The predicted molar refractivity (Wildman–Crippen MR) is 142 cm³/mol. The summed E-state index contributed by atoms with van der Waals surface area (Å²) in [7, 11) is 0. The van der Waals surface area contributed by atoms with Gasteiger partial charge in [0.1, 0.15) is 0 Å². The third kappa shape index (κ3) is 3.90. The van der Waals surface area contributed by atoms with Crippen LogP contribution in [0, 0.1) is 27.7 Å². The zero-order valence-electron chi connectivity index (χ0n) is 20.1. The van der Waals surface area contributed by atoms with Gasteiger partial charge < -0.3 is 14.8 Å². The monoisotopic (exact) mass is 466 g/mol. The van der Waals surface area contributed by atoms with Gasteiger partial charge in [0.2, 0.25) is 0 Å². The molecule has 0 spiro atoms. The molecule has 0 amide bonds. The fourth-order valence-corrected chi connectivity index (χ4v) is 5.44. The zero-order chi connectivity index (χ0) is 23.8. The normalized spacial score (nSPS) is 17.8. The Bertz CT molecular complexity index is 1330. The van der Waals surface area contributed by atoms with Crippen LogP contribution in [0.3, 0.4) is 0 Å². The largest absolute Gasteiger partial charge is 0.352 e. The van der Waals surface area contributed by atoms with E-state index in [9.17, 15) is 0 Å². The third-order valence-corrected chi connectivity index (χ3v) is 7.35. The number of hydrogen-bond donors (Lipinski definition) is 1. The second-order valence-corrected chi connectivity index (χ2v) is 9.51. The van der Waals surface area contributed by atoms with E-state index >= 15 is 0 Å². The van der Waals surface area contributed by atoms with Crippen LogP contribution in [-0.4, -0.2) is 19.6 Å². The van der Waals surface area contributed by atoms with Crippen molar-refractivity contribution in [3.05, 3.63) is 118 Å². The maximum atomic E-state index is 5.89. The number of benzene rings is 2. The van der Waals surface area contributed by atoms with Gasteiger partial charge in [0.05, 0.1) is 17.8 Å². The van der Waals surface area contributed by atoms with Crippen LogP contribution >= 0.6 is 12.2 Å². The number of thiocarbonyl (C=S) groups is 1. The molecule has 3 heterocycles. The van der Waals surface area contributed by atoms with Crippen LogP contribution in [-0.2, 0) is 6.54 Å². The van der Waals surface area contributed by atoms with E-state index in [1.807, 2.05) is 18.3 Å². The minimum atomic E-state index is -0.0232. The number of aryl methyl sites for hydroxylation is 2. The smallest absolute Gasteiger partial charge is 0.170 e. The summed E-state index contributed by atoms with van der Waals surface area (Å²) in [6.45, 7) is 9.53. The molecule has 1 N–H and O–H groups in total. The van der Waals surface area contributed by atoms with Crippen LogP contribution in [0.15, 0.2) is 79.0 Å². The Morgan fingerprint density at radius 2 is 1.68 bits per heavy atom. The summed E-state index contributed by atoms with van der Waals surface area (Å²) in [5, 5.41) is 4.36. The highest BCUT2D eigenvalue weighted by Gasteiger charge is 2.41. The highest BCUT2D eigenvalue weighted by atomic mass is 32.1. The summed E-state index contributed by atoms with van der Waals surface area (Å²) < 4.78 is 2.38. The first-order valence-corrected chi connectivity index (χ1v) is 12.1. The van der Waals surface area contributed by atoms with E-state index < -0.39 is 0 Å². The Labute approximate surface area is 207 Å². The van der Waals surface area contributed by atoms with Crippen molar-refractivity contribution >= 4 is 17.3 Å². The average Bonchev–Trinajstić information content (AvgIpc) is 3.32. The number of aromatic nitrogens is 2. The van der Waals surface area contributed by atoms with E-state index in [1.165, 1.54) is 39.3 Å². The van der Waals surface area contributed by atoms with Gasteiger partial charge in [-0.2, -0.15) is 0 Å². The lowest BCUT2D eigenvalue weighted by atomic mass is 9.96.